The van der Waals surface area contributed by atoms with Gasteiger partial charge in [-0.05, 0) is 24.0 Å². The van der Waals surface area contributed by atoms with Gasteiger partial charge in [-0.3, -0.25) is 9.00 Å². The molecule has 140 valence electrons. The average molecular weight is 368 g/mol. The minimum atomic E-state index is -1.26. The first-order chi connectivity index (χ1) is 11.8. The smallest absolute Gasteiger partial charge is 0.339 e. The summed E-state index contributed by atoms with van der Waals surface area (Å²) >= 11 is 0. The fourth-order valence-corrected chi connectivity index (χ4v) is 3.38. The molecule has 1 atom stereocenters. The summed E-state index contributed by atoms with van der Waals surface area (Å²) < 4.78 is 17.3. The second kappa shape index (κ2) is 10.3. The predicted molar refractivity (Wildman–Crippen MR) is 99.9 cm³/mol. The van der Waals surface area contributed by atoms with Crippen LogP contribution < -0.4 is 0 Å². The van der Waals surface area contributed by atoms with Crippen LogP contribution in [0, 0.1) is 11.8 Å². The van der Waals surface area contributed by atoms with Crippen LogP contribution in [0.2, 0.25) is 0 Å². The first kappa shape index (κ1) is 21.4. The van der Waals surface area contributed by atoms with Crippen molar-refractivity contribution in [3.63, 3.8) is 0 Å². The number of benzene rings is 1. The Morgan fingerprint density at radius 2 is 1.64 bits per heavy atom. The van der Waals surface area contributed by atoms with Gasteiger partial charge in [0, 0.05) is 18.8 Å². The van der Waals surface area contributed by atoms with Crippen LogP contribution in [-0.2, 0) is 20.3 Å². The summed E-state index contributed by atoms with van der Waals surface area (Å²) in [7, 11) is -1.26. The number of nitrogens with zero attached hydrogens (tertiary/aromatic N) is 1. The SMILES string of the molecule is CC[S@](=O)c1ccccc1C(=O)OCC(=O)N(CC(C)C)CC(C)C. The van der Waals surface area contributed by atoms with Crippen molar-refractivity contribution in [2.75, 3.05) is 25.4 Å². The zero-order valence-corrected chi connectivity index (χ0v) is 16.6. The Morgan fingerprint density at radius 3 is 2.16 bits per heavy atom. The second-order valence-corrected chi connectivity index (χ2v) is 8.50. The third kappa shape index (κ3) is 6.98. The standard InChI is InChI=1S/C19H29NO4S/c1-6-25(23)17-10-8-7-9-16(17)19(22)24-13-18(21)20(11-14(2)3)12-15(4)5/h7-10,14-15H,6,11-13H2,1-5H3/t25-/m0/s1. The summed E-state index contributed by atoms with van der Waals surface area (Å²) in [6, 6.07) is 6.66. The van der Waals surface area contributed by atoms with E-state index >= 15 is 0 Å². The molecular formula is C19H29NO4S. The van der Waals surface area contributed by atoms with Gasteiger partial charge in [0.05, 0.1) is 21.3 Å². The van der Waals surface area contributed by atoms with Crippen molar-refractivity contribution in [2.45, 2.75) is 39.5 Å². The third-order valence-corrected chi connectivity index (χ3v) is 4.84. The number of esters is 1. The molecule has 0 saturated heterocycles. The molecule has 0 radical (unpaired) electrons. The fraction of sp³-hybridized carbons (Fsp3) is 0.579. The molecular weight excluding hydrogens is 338 g/mol. The molecule has 0 fully saturated rings. The van der Waals surface area contributed by atoms with Gasteiger partial charge in [-0.1, -0.05) is 46.8 Å². The van der Waals surface area contributed by atoms with Gasteiger partial charge in [0.1, 0.15) is 0 Å². The van der Waals surface area contributed by atoms with Gasteiger partial charge in [0.2, 0.25) is 0 Å². The number of carbonyl (C=O) groups is 2. The molecule has 0 aromatic heterocycles. The summed E-state index contributed by atoms with van der Waals surface area (Å²) in [6.07, 6.45) is 0. The topological polar surface area (TPSA) is 63.7 Å². The molecule has 0 aliphatic heterocycles. The first-order valence-corrected chi connectivity index (χ1v) is 10.00. The molecule has 0 aliphatic carbocycles. The van der Waals surface area contributed by atoms with Crippen LogP contribution in [0.3, 0.4) is 0 Å². The van der Waals surface area contributed by atoms with Gasteiger partial charge < -0.3 is 9.64 Å². The van der Waals surface area contributed by atoms with Crippen LogP contribution in [-0.4, -0.2) is 46.4 Å². The Labute approximate surface area is 153 Å². The highest BCUT2D eigenvalue weighted by molar-refractivity contribution is 7.85. The number of ether oxygens (including phenoxy) is 1. The quantitative estimate of drug-likeness (QED) is 0.629. The zero-order valence-electron chi connectivity index (χ0n) is 15.8. The van der Waals surface area contributed by atoms with Crippen LogP contribution in [0.1, 0.15) is 45.0 Å². The van der Waals surface area contributed by atoms with Crippen molar-refractivity contribution in [3.8, 4) is 0 Å². The van der Waals surface area contributed by atoms with Crippen LogP contribution in [0.5, 0.6) is 0 Å². The lowest BCUT2D eigenvalue weighted by Gasteiger charge is -2.26. The molecule has 1 amide bonds. The molecule has 0 spiro atoms. The van der Waals surface area contributed by atoms with E-state index < -0.39 is 16.8 Å². The Balaban J connectivity index is 2.78. The van der Waals surface area contributed by atoms with E-state index in [1.165, 1.54) is 0 Å². The Hall–Kier alpha value is -1.69. The van der Waals surface area contributed by atoms with E-state index in [1.54, 1.807) is 36.1 Å². The van der Waals surface area contributed by atoms with E-state index in [-0.39, 0.29) is 18.1 Å². The molecule has 0 aliphatic rings. The van der Waals surface area contributed by atoms with Gasteiger partial charge >= 0.3 is 5.97 Å². The van der Waals surface area contributed by atoms with E-state index in [2.05, 4.69) is 0 Å². The number of amides is 1. The number of hydrogen-bond acceptors (Lipinski definition) is 4. The molecule has 0 bridgehead atoms. The molecule has 25 heavy (non-hydrogen) atoms. The van der Waals surface area contributed by atoms with Gasteiger partial charge in [-0.25, -0.2) is 4.79 Å². The van der Waals surface area contributed by atoms with Gasteiger partial charge in [0.15, 0.2) is 6.61 Å². The van der Waals surface area contributed by atoms with Crippen molar-refractivity contribution < 1.29 is 18.5 Å². The summed E-state index contributed by atoms with van der Waals surface area (Å²) in [6.45, 7) is 10.9. The van der Waals surface area contributed by atoms with Crippen molar-refractivity contribution in [1.29, 1.82) is 0 Å². The van der Waals surface area contributed by atoms with Crippen LogP contribution in [0.25, 0.3) is 0 Å². The van der Waals surface area contributed by atoms with E-state index in [0.29, 0.717) is 35.6 Å². The first-order valence-electron chi connectivity index (χ1n) is 8.68. The average Bonchev–Trinajstić information content (AvgIpc) is 2.57. The Kier molecular flexibility index (Phi) is 8.83. The molecule has 6 heteroatoms. The monoisotopic (exact) mass is 367 g/mol. The molecule has 5 nitrogen and oxygen atoms in total. The summed E-state index contributed by atoms with van der Waals surface area (Å²) in [5.41, 5.74) is 0.259. The van der Waals surface area contributed by atoms with Gasteiger partial charge in [-0.15, -0.1) is 0 Å². The normalized spacial score (nSPS) is 12.3. The largest absolute Gasteiger partial charge is 0.452 e. The lowest BCUT2D eigenvalue weighted by atomic mass is 10.1. The molecule has 0 unspecified atom stereocenters. The second-order valence-electron chi connectivity index (χ2n) is 6.79. The number of hydrogen-bond donors (Lipinski definition) is 0. The third-order valence-electron chi connectivity index (χ3n) is 3.46. The molecule has 1 aromatic rings. The molecule has 0 N–H and O–H groups in total. The van der Waals surface area contributed by atoms with E-state index in [1.807, 2.05) is 27.7 Å². The summed E-state index contributed by atoms with van der Waals surface area (Å²) in [5, 5.41) is 0. The van der Waals surface area contributed by atoms with Crippen molar-refractivity contribution in [3.05, 3.63) is 29.8 Å². The van der Waals surface area contributed by atoms with E-state index in [4.69, 9.17) is 4.74 Å². The molecule has 0 saturated carbocycles. The van der Waals surface area contributed by atoms with E-state index in [9.17, 15) is 13.8 Å². The number of rotatable bonds is 9. The fourth-order valence-electron chi connectivity index (χ4n) is 2.45. The lowest BCUT2D eigenvalue weighted by Crippen LogP contribution is -2.39. The predicted octanol–water partition coefficient (Wildman–Crippen LogP) is 3.11. The molecule has 1 aromatic carbocycles. The van der Waals surface area contributed by atoms with Crippen molar-refractivity contribution >= 4 is 22.7 Å². The highest BCUT2D eigenvalue weighted by atomic mass is 32.2. The minimum absolute atomic E-state index is 0.204. The minimum Gasteiger partial charge on any atom is -0.452 e. The van der Waals surface area contributed by atoms with Crippen LogP contribution in [0.4, 0.5) is 0 Å². The van der Waals surface area contributed by atoms with E-state index in [0.717, 1.165) is 0 Å². The Bertz CT molecular complexity index is 603. The maximum Gasteiger partial charge on any atom is 0.339 e. The summed E-state index contributed by atoms with van der Waals surface area (Å²) in [4.78, 5) is 26.9. The maximum absolute atomic E-state index is 12.4. The van der Waals surface area contributed by atoms with Gasteiger partial charge in [0.25, 0.3) is 5.91 Å². The zero-order chi connectivity index (χ0) is 19.0. The van der Waals surface area contributed by atoms with Crippen LogP contribution in [0.15, 0.2) is 29.2 Å². The number of carbonyl (C=O) groups excluding carboxylic acids is 2. The van der Waals surface area contributed by atoms with Crippen LogP contribution >= 0.6 is 0 Å². The van der Waals surface area contributed by atoms with Crippen molar-refractivity contribution in [2.24, 2.45) is 11.8 Å². The highest BCUT2D eigenvalue weighted by Gasteiger charge is 2.20. The van der Waals surface area contributed by atoms with Crippen molar-refractivity contribution in [1.82, 2.24) is 4.90 Å². The van der Waals surface area contributed by atoms with Gasteiger partial charge in [-0.2, -0.15) is 0 Å². The Morgan fingerprint density at radius 1 is 1.08 bits per heavy atom. The summed E-state index contributed by atoms with van der Waals surface area (Å²) in [5.74, 6) is 0.279. The molecule has 1 rings (SSSR count). The molecule has 0 heterocycles. The highest BCUT2D eigenvalue weighted by Crippen LogP contribution is 2.15. The maximum atomic E-state index is 12.4. The lowest BCUT2D eigenvalue weighted by molar-refractivity contribution is -0.135.